The van der Waals surface area contributed by atoms with Gasteiger partial charge in [0.15, 0.2) is 5.82 Å². The molecule has 0 saturated heterocycles. The van der Waals surface area contributed by atoms with Crippen molar-refractivity contribution in [1.82, 2.24) is 15.2 Å². The molecule has 1 heterocycles. The van der Waals surface area contributed by atoms with Crippen molar-refractivity contribution >= 4 is 35.4 Å². The number of carboxylic acids is 1. The number of thioether (sulfide) groups is 1. The third kappa shape index (κ3) is 5.35. The summed E-state index contributed by atoms with van der Waals surface area (Å²) >= 11 is 6.98. The predicted octanol–water partition coefficient (Wildman–Crippen LogP) is 4.36. The van der Waals surface area contributed by atoms with Gasteiger partial charge in [0, 0.05) is 5.02 Å². The van der Waals surface area contributed by atoms with Gasteiger partial charge in [-0.05, 0) is 53.7 Å². The Morgan fingerprint density at radius 3 is 2.77 bits per heavy atom. The molecule has 0 unspecified atom stereocenters. The Bertz CT molecular complexity index is 1120. The summed E-state index contributed by atoms with van der Waals surface area (Å²) in [6, 6.07) is 12.0. The molecule has 3 aromatic rings. The maximum absolute atomic E-state index is 11.7. The van der Waals surface area contributed by atoms with Gasteiger partial charge in [-0.15, -0.1) is 11.5 Å². The van der Waals surface area contributed by atoms with Crippen molar-refractivity contribution in [2.24, 2.45) is 0 Å². The molecule has 0 atom stereocenters. The van der Waals surface area contributed by atoms with Gasteiger partial charge in [-0.2, -0.15) is 0 Å². The highest BCUT2D eigenvalue weighted by Gasteiger charge is 2.16. The summed E-state index contributed by atoms with van der Waals surface area (Å²) in [6.07, 6.45) is 6.68. The van der Waals surface area contributed by atoms with E-state index < -0.39 is 5.97 Å². The Labute approximate surface area is 182 Å². The van der Waals surface area contributed by atoms with Crippen molar-refractivity contribution in [1.29, 1.82) is 0 Å². The van der Waals surface area contributed by atoms with Crippen LogP contribution in [-0.4, -0.2) is 40.0 Å². The zero-order valence-electron chi connectivity index (χ0n) is 15.8. The molecule has 0 radical (unpaired) electrons. The third-order valence-electron chi connectivity index (χ3n) is 3.79. The van der Waals surface area contributed by atoms with Crippen molar-refractivity contribution in [3.63, 3.8) is 0 Å². The van der Waals surface area contributed by atoms with E-state index in [0.717, 1.165) is 11.8 Å². The third-order valence-corrected chi connectivity index (χ3v) is 4.91. The number of aromatic amines is 1. The molecule has 9 heteroatoms. The number of H-pyrrole nitrogens is 1. The smallest absolute Gasteiger partial charge is 0.342 e. The van der Waals surface area contributed by atoms with Crippen LogP contribution in [0, 0.1) is 12.3 Å². The Morgan fingerprint density at radius 2 is 2.10 bits per heavy atom. The summed E-state index contributed by atoms with van der Waals surface area (Å²) in [5.41, 5.74) is 1.30. The first-order valence-corrected chi connectivity index (χ1v) is 9.75. The van der Waals surface area contributed by atoms with Crippen LogP contribution in [0.2, 0.25) is 5.02 Å². The Balaban J connectivity index is 1.81. The van der Waals surface area contributed by atoms with Crippen LogP contribution in [0.25, 0.3) is 17.5 Å². The lowest BCUT2D eigenvalue weighted by atomic mass is 10.2. The van der Waals surface area contributed by atoms with E-state index in [1.54, 1.807) is 42.5 Å². The monoisotopic (exact) mass is 441 g/mol. The van der Waals surface area contributed by atoms with Crippen molar-refractivity contribution in [3.8, 4) is 35.2 Å². The van der Waals surface area contributed by atoms with Crippen LogP contribution in [0.5, 0.6) is 11.5 Å². The lowest BCUT2D eigenvalue weighted by molar-refractivity contribution is -0.131. The fraction of sp³-hybridized carbons (Fsp3) is 0.0952. The number of ether oxygens (including phenoxy) is 2. The first-order chi connectivity index (χ1) is 14.5. The number of nitrogens with one attached hydrogen (secondary N) is 1. The summed E-state index contributed by atoms with van der Waals surface area (Å²) in [4.78, 5) is 16.1. The molecule has 0 fully saturated rings. The molecule has 1 aromatic heterocycles. The number of halogens is 1. The SMILES string of the molecule is C#CCOc1ccc(/C=C(\Sc2n[nH]c(-c3cc(Cl)ccc3OC)n2)C(=O)O)cc1. The average Bonchev–Trinajstić information content (AvgIpc) is 3.21. The number of carbonyl (C=O) groups is 1. The standard InChI is InChI=1S/C21H16ClN3O4S/c1-3-10-29-15-7-4-13(5-8-15)11-18(20(26)27)30-21-23-19(24-25-21)16-12-14(22)6-9-17(16)28-2/h1,4-9,11-12H,10H2,2H3,(H,26,27)(H,23,24,25)/b18-11-. The molecule has 0 amide bonds. The van der Waals surface area contributed by atoms with Gasteiger partial charge in [0.25, 0.3) is 0 Å². The molecular formula is C21H16ClN3O4S. The molecule has 0 aliphatic carbocycles. The molecule has 30 heavy (non-hydrogen) atoms. The van der Waals surface area contributed by atoms with Gasteiger partial charge in [-0.25, -0.2) is 9.78 Å². The first-order valence-electron chi connectivity index (χ1n) is 8.55. The minimum Gasteiger partial charge on any atom is -0.496 e. The van der Waals surface area contributed by atoms with Gasteiger partial charge >= 0.3 is 5.97 Å². The lowest BCUT2D eigenvalue weighted by Crippen LogP contribution is -1.97. The second kappa shape index (κ2) is 9.87. The molecule has 0 spiro atoms. The number of rotatable bonds is 8. The number of hydrogen-bond acceptors (Lipinski definition) is 6. The maximum Gasteiger partial charge on any atom is 0.342 e. The van der Waals surface area contributed by atoms with Gasteiger partial charge in [0.05, 0.1) is 12.7 Å². The first kappa shape index (κ1) is 21.3. The summed E-state index contributed by atoms with van der Waals surface area (Å²) in [7, 11) is 1.53. The minimum absolute atomic E-state index is 0.0518. The number of terminal acetylenes is 1. The van der Waals surface area contributed by atoms with Gasteiger partial charge in [0.2, 0.25) is 5.16 Å². The normalized spacial score (nSPS) is 11.0. The Kier molecular flexibility index (Phi) is 7.01. The highest BCUT2D eigenvalue weighted by molar-refractivity contribution is 8.04. The molecule has 3 rings (SSSR count). The quantitative estimate of drug-likeness (QED) is 0.304. The van der Waals surface area contributed by atoms with Gasteiger partial charge in [-0.3, -0.25) is 5.10 Å². The van der Waals surface area contributed by atoms with Crippen molar-refractivity contribution in [2.45, 2.75) is 5.16 Å². The predicted molar refractivity (Wildman–Crippen MR) is 116 cm³/mol. The number of carboxylic acid groups (broad SMARTS) is 1. The Hall–Kier alpha value is -3.41. The second-order valence-corrected chi connectivity index (χ2v) is 7.23. The summed E-state index contributed by atoms with van der Waals surface area (Å²) in [5.74, 6) is 2.86. The molecular weight excluding hydrogens is 426 g/mol. The molecule has 0 aliphatic heterocycles. The summed E-state index contributed by atoms with van der Waals surface area (Å²) in [5, 5.41) is 17.2. The van der Waals surface area contributed by atoms with Crippen molar-refractivity contribution < 1.29 is 19.4 Å². The van der Waals surface area contributed by atoms with Crippen molar-refractivity contribution in [3.05, 3.63) is 58.0 Å². The average molecular weight is 442 g/mol. The zero-order valence-corrected chi connectivity index (χ0v) is 17.3. The molecule has 2 aromatic carbocycles. The largest absolute Gasteiger partial charge is 0.496 e. The van der Waals surface area contributed by atoms with Crippen LogP contribution in [0.3, 0.4) is 0 Å². The maximum atomic E-state index is 11.7. The van der Waals surface area contributed by atoms with Crippen LogP contribution in [-0.2, 0) is 4.79 Å². The van der Waals surface area contributed by atoms with Gasteiger partial charge in [-0.1, -0.05) is 29.7 Å². The van der Waals surface area contributed by atoms with Crippen LogP contribution < -0.4 is 9.47 Å². The van der Waals surface area contributed by atoms with Crippen molar-refractivity contribution in [2.75, 3.05) is 13.7 Å². The summed E-state index contributed by atoms with van der Waals surface area (Å²) in [6.45, 7) is 0.163. The van der Waals surface area contributed by atoms with E-state index in [2.05, 4.69) is 21.1 Å². The van der Waals surface area contributed by atoms with Crippen LogP contribution in [0.15, 0.2) is 52.5 Å². The van der Waals surface area contributed by atoms with E-state index in [4.69, 9.17) is 27.5 Å². The van der Waals surface area contributed by atoms with Crippen LogP contribution >= 0.6 is 23.4 Å². The van der Waals surface area contributed by atoms with E-state index in [1.807, 2.05) is 0 Å². The second-order valence-electron chi connectivity index (χ2n) is 5.79. The summed E-state index contributed by atoms with van der Waals surface area (Å²) < 4.78 is 10.6. The van der Waals surface area contributed by atoms with Gasteiger partial charge < -0.3 is 14.6 Å². The van der Waals surface area contributed by atoms with E-state index >= 15 is 0 Å². The molecule has 152 valence electrons. The molecule has 0 bridgehead atoms. The molecule has 7 nitrogen and oxygen atoms in total. The van der Waals surface area contributed by atoms with E-state index in [9.17, 15) is 9.90 Å². The van der Waals surface area contributed by atoms with Crippen LogP contribution in [0.1, 0.15) is 5.56 Å². The Morgan fingerprint density at radius 1 is 1.33 bits per heavy atom. The molecule has 0 aliphatic rings. The highest BCUT2D eigenvalue weighted by Crippen LogP contribution is 2.33. The number of aliphatic carboxylic acids is 1. The molecule has 0 saturated carbocycles. The number of nitrogens with zero attached hydrogens (tertiary/aromatic N) is 2. The van der Waals surface area contributed by atoms with Gasteiger partial charge in [0.1, 0.15) is 23.0 Å². The van der Waals surface area contributed by atoms with E-state index in [1.165, 1.54) is 13.2 Å². The minimum atomic E-state index is -1.10. The number of benzene rings is 2. The lowest BCUT2D eigenvalue weighted by Gasteiger charge is -2.05. The van der Waals surface area contributed by atoms with Crippen LogP contribution in [0.4, 0.5) is 0 Å². The number of hydrogen-bond donors (Lipinski definition) is 2. The fourth-order valence-electron chi connectivity index (χ4n) is 2.45. The number of methoxy groups -OCH3 is 1. The fourth-order valence-corrected chi connectivity index (χ4v) is 3.33. The molecule has 2 N–H and O–H groups in total. The zero-order chi connectivity index (χ0) is 21.5. The number of aromatic nitrogens is 3. The highest BCUT2D eigenvalue weighted by atomic mass is 35.5. The van der Waals surface area contributed by atoms with E-state index in [-0.39, 0.29) is 16.7 Å². The topological polar surface area (TPSA) is 97.3 Å². The van der Waals surface area contributed by atoms with E-state index in [0.29, 0.717) is 33.5 Å².